The minimum atomic E-state index is -3.79. The molecule has 1 fully saturated rings. The Morgan fingerprint density at radius 2 is 2.00 bits per heavy atom. The minimum absolute atomic E-state index is 0.0753. The van der Waals surface area contributed by atoms with Gasteiger partial charge in [-0.15, -0.1) is 4.40 Å². The summed E-state index contributed by atoms with van der Waals surface area (Å²) in [7, 11) is -1.97. The number of benzene rings is 1. The van der Waals surface area contributed by atoms with Gasteiger partial charge in [-0.05, 0) is 48.9 Å². The third-order valence-corrected chi connectivity index (χ3v) is 6.49. The van der Waals surface area contributed by atoms with Gasteiger partial charge in [-0.1, -0.05) is 17.7 Å². The first-order valence-electron chi connectivity index (χ1n) is 9.60. The van der Waals surface area contributed by atoms with Crippen LogP contribution in [0.15, 0.2) is 64.0 Å². The molecule has 0 spiro atoms. The van der Waals surface area contributed by atoms with E-state index in [4.69, 9.17) is 11.6 Å². The van der Waals surface area contributed by atoms with E-state index in [0.29, 0.717) is 34.4 Å². The normalized spacial score (nSPS) is 15.9. The number of anilines is 1. The highest BCUT2D eigenvalue weighted by Gasteiger charge is 2.20. The summed E-state index contributed by atoms with van der Waals surface area (Å²) in [6.07, 6.45) is 6.26. The number of nitrogens with zero attached hydrogens (tertiary/aromatic N) is 4. The van der Waals surface area contributed by atoms with Crippen molar-refractivity contribution in [3.8, 4) is 0 Å². The lowest BCUT2D eigenvalue weighted by Gasteiger charge is -2.11. The SMILES string of the molecule is CN1CCCC1=NS(=O)(=O)c1ccc(NC(=O)C=Cc2c(Cl)nc3ccccn23)cc1. The van der Waals surface area contributed by atoms with E-state index in [1.54, 1.807) is 16.7 Å². The number of fused-ring (bicyclic) bond motifs is 1. The number of amides is 1. The topological polar surface area (TPSA) is 96.1 Å². The molecule has 1 saturated heterocycles. The number of amidine groups is 1. The van der Waals surface area contributed by atoms with Gasteiger partial charge < -0.3 is 10.2 Å². The fourth-order valence-corrected chi connectivity index (χ4v) is 4.62. The fourth-order valence-electron chi connectivity index (χ4n) is 3.29. The molecule has 10 heteroatoms. The summed E-state index contributed by atoms with van der Waals surface area (Å²) in [5.41, 5.74) is 1.73. The van der Waals surface area contributed by atoms with E-state index in [0.717, 1.165) is 13.0 Å². The number of likely N-dealkylation sites (tertiary alicyclic amines) is 1. The molecule has 4 rings (SSSR count). The van der Waals surface area contributed by atoms with Crippen LogP contribution >= 0.6 is 11.6 Å². The number of halogens is 1. The number of hydrogen-bond donors (Lipinski definition) is 1. The maximum Gasteiger partial charge on any atom is 0.283 e. The van der Waals surface area contributed by atoms with E-state index in [-0.39, 0.29) is 10.8 Å². The van der Waals surface area contributed by atoms with Gasteiger partial charge in [0.05, 0.1) is 10.6 Å². The van der Waals surface area contributed by atoms with Crippen LogP contribution in [0, 0.1) is 0 Å². The molecule has 1 aliphatic rings. The number of carbonyl (C=O) groups excluding carboxylic acids is 1. The quantitative estimate of drug-likeness (QED) is 0.592. The smallest absolute Gasteiger partial charge is 0.283 e. The summed E-state index contributed by atoms with van der Waals surface area (Å²) >= 11 is 6.16. The fraction of sp³-hybridized carbons (Fsp3) is 0.190. The molecule has 1 amide bonds. The Balaban J connectivity index is 1.46. The Morgan fingerprint density at radius 3 is 2.71 bits per heavy atom. The highest BCUT2D eigenvalue weighted by atomic mass is 35.5. The maximum absolute atomic E-state index is 12.5. The minimum Gasteiger partial charge on any atom is -0.362 e. The molecule has 0 saturated carbocycles. The number of aromatic nitrogens is 2. The van der Waals surface area contributed by atoms with Crippen molar-refractivity contribution in [3.63, 3.8) is 0 Å². The van der Waals surface area contributed by atoms with Crippen LogP contribution < -0.4 is 5.32 Å². The number of sulfonamides is 1. The summed E-state index contributed by atoms with van der Waals surface area (Å²) in [6, 6.07) is 11.4. The molecule has 3 aromatic rings. The van der Waals surface area contributed by atoms with Crippen molar-refractivity contribution in [1.29, 1.82) is 0 Å². The lowest BCUT2D eigenvalue weighted by molar-refractivity contribution is -0.111. The number of hydrogen-bond acceptors (Lipinski definition) is 4. The summed E-state index contributed by atoms with van der Waals surface area (Å²) in [5.74, 6) is 0.180. The highest BCUT2D eigenvalue weighted by Crippen LogP contribution is 2.20. The van der Waals surface area contributed by atoms with E-state index >= 15 is 0 Å². The second kappa shape index (κ2) is 8.52. The Morgan fingerprint density at radius 1 is 1.23 bits per heavy atom. The van der Waals surface area contributed by atoms with E-state index < -0.39 is 10.0 Å². The van der Waals surface area contributed by atoms with Crippen LogP contribution in [0.5, 0.6) is 0 Å². The van der Waals surface area contributed by atoms with Crippen LogP contribution in [0.4, 0.5) is 5.69 Å². The third-order valence-electron chi connectivity index (χ3n) is 4.89. The largest absolute Gasteiger partial charge is 0.362 e. The standard InChI is InChI=1S/C21H20ClN5O3S/c1-26-13-4-6-19(26)25-31(29,30)16-9-7-15(8-10-16)23-20(28)12-11-17-21(22)24-18-5-2-3-14-27(17)18/h2-3,5,7-12,14H,4,6,13H2,1H3,(H,23,28). The molecule has 0 unspecified atom stereocenters. The lowest BCUT2D eigenvalue weighted by Crippen LogP contribution is -2.20. The predicted octanol–water partition coefficient (Wildman–Crippen LogP) is 3.45. The average molecular weight is 458 g/mol. The maximum atomic E-state index is 12.5. The number of rotatable bonds is 5. The van der Waals surface area contributed by atoms with Crippen molar-refractivity contribution in [2.45, 2.75) is 17.7 Å². The van der Waals surface area contributed by atoms with Gasteiger partial charge >= 0.3 is 0 Å². The van der Waals surface area contributed by atoms with Crippen molar-refractivity contribution in [1.82, 2.24) is 14.3 Å². The average Bonchev–Trinajstić information content (AvgIpc) is 3.28. The Kier molecular flexibility index (Phi) is 5.79. The number of pyridine rings is 1. The molecule has 31 heavy (non-hydrogen) atoms. The van der Waals surface area contributed by atoms with Crippen LogP contribution in [-0.2, 0) is 14.8 Å². The monoisotopic (exact) mass is 457 g/mol. The Hall–Kier alpha value is -3.17. The van der Waals surface area contributed by atoms with Gasteiger partial charge in [0.1, 0.15) is 11.5 Å². The second-order valence-electron chi connectivity index (χ2n) is 7.07. The van der Waals surface area contributed by atoms with Gasteiger partial charge in [0, 0.05) is 38.0 Å². The van der Waals surface area contributed by atoms with E-state index in [1.165, 1.54) is 30.3 Å². The second-order valence-corrected chi connectivity index (χ2v) is 9.03. The Labute approximate surface area is 184 Å². The number of imidazole rings is 1. The van der Waals surface area contributed by atoms with Crippen LogP contribution in [0.2, 0.25) is 5.15 Å². The highest BCUT2D eigenvalue weighted by molar-refractivity contribution is 7.90. The first-order chi connectivity index (χ1) is 14.8. The van der Waals surface area contributed by atoms with Crippen LogP contribution in [0.1, 0.15) is 18.5 Å². The lowest BCUT2D eigenvalue weighted by atomic mass is 10.3. The molecule has 8 nitrogen and oxygen atoms in total. The number of carbonyl (C=O) groups is 1. The molecule has 1 aromatic carbocycles. The molecule has 1 aliphatic heterocycles. The molecular formula is C21H20ClN5O3S. The van der Waals surface area contributed by atoms with Gasteiger partial charge in [-0.25, -0.2) is 4.98 Å². The van der Waals surface area contributed by atoms with E-state index in [2.05, 4.69) is 14.7 Å². The summed E-state index contributed by atoms with van der Waals surface area (Å²) in [6.45, 7) is 0.799. The zero-order chi connectivity index (χ0) is 22.0. The van der Waals surface area contributed by atoms with Crippen molar-refractivity contribution in [2.75, 3.05) is 18.9 Å². The van der Waals surface area contributed by atoms with Gasteiger partial charge in [-0.2, -0.15) is 8.42 Å². The first-order valence-corrected chi connectivity index (χ1v) is 11.4. The van der Waals surface area contributed by atoms with Gasteiger partial charge in [0.2, 0.25) is 5.91 Å². The predicted molar refractivity (Wildman–Crippen MR) is 121 cm³/mol. The summed E-state index contributed by atoms with van der Waals surface area (Å²) < 4.78 is 30.7. The van der Waals surface area contributed by atoms with Gasteiger partial charge in [0.25, 0.3) is 10.0 Å². The molecule has 160 valence electrons. The van der Waals surface area contributed by atoms with Gasteiger partial charge in [0.15, 0.2) is 5.15 Å². The van der Waals surface area contributed by atoms with E-state index in [1.807, 2.05) is 30.1 Å². The van der Waals surface area contributed by atoms with Crippen LogP contribution in [0.3, 0.4) is 0 Å². The zero-order valence-electron chi connectivity index (χ0n) is 16.7. The zero-order valence-corrected chi connectivity index (χ0v) is 18.3. The van der Waals surface area contributed by atoms with Crippen LogP contribution in [0.25, 0.3) is 11.7 Å². The molecule has 0 radical (unpaired) electrons. The Bertz CT molecular complexity index is 1300. The third kappa shape index (κ3) is 4.62. The van der Waals surface area contributed by atoms with Crippen molar-refractivity contribution < 1.29 is 13.2 Å². The molecule has 0 aliphatic carbocycles. The summed E-state index contributed by atoms with van der Waals surface area (Å²) in [4.78, 5) is 18.4. The number of nitrogens with one attached hydrogen (secondary N) is 1. The molecule has 0 bridgehead atoms. The molecule has 1 N–H and O–H groups in total. The van der Waals surface area contributed by atoms with Gasteiger partial charge in [-0.3, -0.25) is 9.20 Å². The van der Waals surface area contributed by atoms with Crippen molar-refractivity contribution in [2.24, 2.45) is 4.40 Å². The van der Waals surface area contributed by atoms with Crippen LogP contribution in [-0.4, -0.2) is 48.0 Å². The molecule has 0 atom stereocenters. The molecule has 3 heterocycles. The van der Waals surface area contributed by atoms with Crippen molar-refractivity contribution in [3.05, 3.63) is 65.6 Å². The van der Waals surface area contributed by atoms with Crippen molar-refractivity contribution >= 4 is 50.8 Å². The first kappa shape index (κ1) is 21.1. The van der Waals surface area contributed by atoms with E-state index in [9.17, 15) is 13.2 Å². The molecular weight excluding hydrogens is 438 g/mol. The molecule has 2 aromatic heterocycles. The summed E-state index contributed by atoms with van der Waals surface area (Å²) in [5, 5.41) is 2.98.